The van der Waals surface area contributed by atoms with E-state index in [0.29, 0.717) is 0 Å². The van der Waals surface area contributed by atoms with Crippen LogP contribution >= 0.6 is 0 Å². The summed E-state index contributed by atoms with van der Waals surface area (Å²) in [5.74, 6) is 0. The van der Waals surface area contributed by atoms with Crippen molar-refractivity contribution in [2.45, 2.75) is 131 Å². The Labute approximate surface area is 533 Å². The first-order valence-corrected chi connectivity index (χ1v) is 33.1. The Morgan fingerprint density at radius 3 is 1.19 bits per heavy atom. The van der Waals surface area contributed by atoms with Crippen molar-refractivity contribution in [2.24, 2.45) is 0 Å². The molecule has 444 valence electrons. The van der Waals surface area contributed by atoms with Gasteiger partial charge in [0.15, 0.2) is 0 Å². The topological polar surface area (TPSA) is 19.2 Å². The first-order valence-electron chi connectivity index (χ1n) is 33.1. The first kappa shape index (κ1) is 54.6. The fourth-order valence-corrected chi connectivity index (χ4v) is 16.6. The highest BCUT2D eigenvalue weighted by atomic mass is 15.1. The highest BCUT2D eigenvalue weighted by Crippen LogP contribution is 2.49. The van der Waals surface area contributed by atoms with E-state index in [0.717, 1.165) is 0 Å². The lowest BCUT2D eigenvalue weighted by Gasteiger charge is -2.35. The SMILES string of the molecule is CC(C)(C)c1ccc2c(c1)c1cc(C(C)(C)C)ccc1n2-c1cc2c3c(c1)c1cc(C(C)(C)C)ccc1n3-c1c3c(cc4c1c1cccc5c6ccccc6c6ccccc6c6ccccc6n4c51)-n1c4ccc(C(C)(C)C)cc4c4cc(C(C)(C)C)cc(c41)B32. The zero-order valence-corrected chi connectivity index (χ0v) is 55.3. The maximum atomic E-state index is 2.77. The van der Waals surface area contributed by atoms with Crippen LogP contribution in [-0.4, -0.2) is 24.8 Å². The third-order valence-corrected chi connectivity index (χ3v) is 21.4. The average molecular weight is 1180 g/mol. The molecule has 0 aliphatic carbocycles. The van der Waals surface area contributed by atoms with Gasteiger partial charge >= 0.3 is 0 Å². The van der Waals surface area contributed by atoms with Gasteiger partial charge in [-0.25, -0.2) is 0 Å². The van der Waals surface area contributed by atoms with Gasteiger partial charge in [0.2, 0.25) is 0 Å². The summed E-state index contributed by atoms with van der Waals surface area (Å²) in [5.41, 5.74) is 25.3. The third kappa shape index (κ3) is 7.41. The van der Waals surface area contributed by atoms with Crippen LogP contribution in [0, 0.1) is 0 Å². The molecule has 2 aliphatic heterocycles. The number of nitrogens with zero attached hydrogens (tertiary/aromatic N) is 4. The summed E-state index contributed by atoms with van der Waals surface area (Å²) in [6.07, 6.45) is 0. The van der Waals surface area contributed by atoms with Crippen molar-refractivity contribution in [2.75, 3.05) is 0 Å². The summed E-state index contributed by atoms with van der Waals surface area (Å²) in [5, 5.41) is 17.7. The van der Waals surface area contributed by atoms with Gasteiger partial charge in [-0.2, -0.15) is 0 Å². The van der Waals surface area contributed by atoms with Crippen LogP contribution in [-0.2, 0) is 27.1 Å². The van der Waals surface area contributed by atoms with Crippen molar-refractivity contribution in [3.8, 4) is 17.1 Å². The van der Waals surface area contributed by atoms with Crippen LogP contribution in [0.1, 0.15) is 132 Å². The molecule has 0 saturated heterocycles. The summed E-state index contributed by atoms with van der Waals surface area (Å²) >= 11 is 0. The van der Waals surface area contributed by atoms with Crippen molar-refractivity contribution < 1.29 is 0 Å². The van der Waals surface area contributed by atoms with E-state index < -0.39 is 0 Å². The molecule has 0 unspecified atom stereocenters. The van der Waals surface area contributed by atoms with Gasteiger partial charge in [-0.15, -0.1) is 0 Å². The molecule has 0 atom stereocenters. The van der Waals surface area contributed by atoms with Crippen LogP contribution in [0.15, 0.2) is 194 Å². The molecule has 2 aliphatic rings. The molecule has 7 heterocycles. The average Bonchev–Trinajstić information content (AvgIpc) is 1.55. The molecule has 0 amide bonds. The second kappa shape index (κ2) is 17.8. The lowest BCUT2D eigenvalue weighted by atomic mass is 9.34. The molecule has 0 bridgehead atoms. The van der Waals surface area contributed by atoms with Crippen molar-refractivity contribution >= 4 is 148 Å². The number of benzene rings is 11. The molecule has 0 N–H and O–H groups in total. The number of rotatable bonds is 1. The summed E-state index contributed by atoms with van der Waals surface area (Å²) in [4.78, 5) is 0. The van der Waals surface area contributed by atoms with E-state index in [1.807, 2.05) is 0 Å². The Hall–Kier alpha value is -9.32. The predicted molar refractivity (Wildman–Crippen MR) is 395 cm³/mol. The van der Waals surface area contributed by atoms with E-state index in [9.17, 15) is 0 Å². The van der Waals surface area contributed by atoms with Gasteiger partial charge in [-0.3, -0.25) is 0 Å². The molecule has 0 spiro atoms. The van der Waals surface area contributed by atoms with Gasteiger partial charge in [-0.05, 0) is 172 Å². The van der Waals surface area contributed by atoms with Crippen molar-refractivity contribution in [1.29, 1.82) is 0 Å². The van der Waals surface area contributed by atoms with E-state index >= 15 is 0 Å². The molecule has 4 nitrogen and oxygen atoms in total. The zero-order valence-electron chi connectivity index (χ0n) is 55.3. The molecule has 11 aromatic carbocycles. The highest BCUT2D eigenvalue weighted by molar-refractivity contribution is 7.00. The molecule has 91 heavy (non-hydrogen) atoms. The van der Waals surface area contributed by atoms with E-state index in [1.165, 1.54) is 186 Å². The number of para-hydroxylation sites is 2. The van der Waals surface area contributed by atoms with Gasteiger partial charge in [0, 0.05) is 76.3 Å². The lowest BCUT2D eigenvalue weighted by Crippen LogP contribution is -2.59. The quantitative estimate of drug-likeness (QED) is 0.146. The molecule has 5 aromatic heterocycles. The largest absolute Gasteiger partial charge is 0.310 e. The normalized spacial score (nSPS) is 13.9. The first-order chi connectivity index (χ1) is 43.3. The van der Waals surface area contributed by atoms with Crippen LogP contribution in [0.3, 0.4) is 0 Å². The number of fused-ring (bicyclic) bond motifs is 24. The number of hydrogen-bond acceptors (Lipinski definition) is 0. The summed E-state index contributed by atoms with van der Waals surface area (Å²) in [6, 6.07) is 77.1. The van der Waals surface area contributed by atoms with E-state index in [-0.39, 0.29) is 33.8 Å². The molecule has 0 fully saturated rings. The van der Waals surface area contributed by atoms with Gasteiger partial charge in [0.25, 0.3) is 6.71 Å². The monoisotopic (exact) mass is 1180 g/mol. The van der Waals surface area contributed by atoms with Gasteiger partial charge < -0.3 is 18.1 Å². The van der Waals surface area contributed by atoms with Crippen LogP contribution in [0.5, 0.6) is 0 Å². The second-order valence-electron chi connectivity index (χ2n) is 32.2. The third-order valence-electron chi connectivity index (χ3n) is 21.4. The van der Waals surface area contributed by atoms with Gasteiger partial charge in [0.05, 0.1) is 44.3 Å². The fraction of sp³-hybridized carbons (Fsp3) is 0.233. The molecule has 16 aromatic rings. The molecule has 0 radical (unpaired) electrons. The van der Waals surface area contributed by atoms with Gasteiger partial charge in [0.1, 0.15) is 0 Å². The Balaban J connectivity index is 1.11. The number of hydrogen-bond donors (Lipinski definition) is 0. The summed E-state index contributed by atoms with van der Waals surface area (Å²) < 4.78 is 10.8. The minimum absolute atomic E-state index is 0.0240. The molecule has 5 heteroatoms. The molecular weight excluding hydrogens is 1100 g/mol. The van der Waals surface area contributed by atoms with Gasteiger partial charge in [-0.1, -0.05) is 219 Å². The minimum atomic E-state index is -0.145. The maximum Gasteiger partial charge on any atom is 0.252 e. The Bertz CT molecular complexity index is 5960. The van der Waals surface area contributed by atoms with Crippen molar-refractivity contribution in [3.05, 3.63) is 222 Å². The minimum Gasteiger partial charge on any atom is -0.310 e. The predicted octanol–water partition coefficient (Wildman–Crippen LogP) is 21.2. The van der Waals surface area contributed by atoms with Crippen LogP contribution < -0.4 is 16.4 Å². The maximum absolute atomic E-state index is 2.77. The highest BCUT2D eigenvalue weighted by Gasteiger charge is 2.44. The lowest BCUT2D eigenvalue weighted by molar-refractivity contribution is 0.590. The van der Waals surface area contributed by atoms with Crippen molar-refractivity contribution in [3.63, 3.8) is 0 Å². The second-order valence-corrected chi connectivity index (χ2v) is 32.2. The van der Waals surface area contributed by atoms with Crippen LogP contribution in [0.25, 0.3) is 142 Å². The standard InChI is InChI=1S/C86H77BN4/c1-82(2,3)48-31-35-70-61(39-48)62-40-49(83(4,5)6)32-36-71(62)88(70)53-45-66-64-42-51(85(10,11)12)34-38-73(64)91-80(66)68(46-53)87-67-44-52(86(13,14)15)43-65-63-41-50(84(7,8)9)33-37-72(63)90(79(65)67)75-47-74-76(81(91)77(75)87)60-29-22-28-59-57-26-19-17-24-55(57)54-23-16-18-25-56(54)58-27-20-21-30-69(58)89(74)78(59)60/h16-47H,1-15H3. The Morgan fingerprint density at radius 2 is 0.659 bits per heavy atom. The molecule has 18 rings (SSSR count). The smallest absolute Gasteiger partial charge is 0.252 e. The van der Waals surface area contributed by atoms with E-state index in [2.05, 4.69) is 316 Å². The Kier molecular flexibility index (Phi) is 10.7. The van der Waals surface area contributed by atoms with Crippen molar-refractivity contribution in [1.82, 2.24) is 18.1 Å². The molecular formula is C86H77BN4. The summed E-state index contributed by atoms with van der Waals surface area (Å²) in [7, 11) is 0. The summed E-state index contributed by atoms with van der Waals surface area (Å²) in [6.45, 7) is 35.3. The Morgan fingerprint density at radius 1 is 0.264 bits per heavy atom. The van der Waals surface area contributed by atoms with Crippen LogP contribution in [0.4, 0.5) is 0 Å². The van der Waals surface area contributed by atoms with E-state index in [4.69, 9.17) is 0 Å². The zero-order chi connectivity index (χ0) is 62.6. The molecule has 0 saturated carbocycles. The van der Waals surface area contributed by atoms with Crippen LogP contribution in [0.2, 0.25) is 0 Å². The fourth-order valence-electron chi connectivity index (χ4n) is 16.6. The van der Waals surface area contributed by atoms with E-state index in [1.54, 1.807) is 0 Å². The number of aromatic nitrogens is 4.